The number of amides is 1. The van der Waals surface area contributed by atoms with Crippen LogP contribution in [0, 0.1) is 28.4 Å². The molecule has 100 valence electrons. The Morgan fingerprint density at radius 1 is 1.53 bits per heavy atom. The standard InChI is InChI=1S/C13H15N3O3/c1-9(2)15(8-7-14)13(17)12-10(3)5-4-6-11(12)16(18)19/h4-6,9H,8H2,1-3H3. The van der Waals surface area contributed by atoms with Gasteiger partial charge in [0.25, 0.3) is 11.6 Å². The molecular formula is C13H15N3O3. The molecule has 1 amide bonds. The Kier molecular flexibility index (Phi) is 4.59. The summed E-state index contributed by atoms with van der Waals surface area (Å²) in [5.74, 6) is -0.485. The number of benzene rings is 1. The second-order valence-electron chi connectivity index (χ2n) is 4.41. The van der Waals surface area contributed by atoms with Crippen molar-refractivity contribution in [2.75, 3.05) is 6.54 Å². The predicted octanol–water partition coefficient (Wildman–Crippen LogP) is 2.28. The predicted molar refractivity (Wildman–Crippen MR) is 69.6 cm³/mol. The number of carbonyl (C=O) groups excluding carboxylic acids is 1. The van der Waals surface area contributed by atoms with E-state index in [1.807, 2.05) is 6.07 Å². The molecule has 0 aliphatic carbocycles. The number of nitrogens with zero attached hydrogens (tertiary/aromatic N) is 3. The van der Waals surface area contributed by atoms with E-state index in [1.165, 1.54) is 17.0 Å². The summed E-state index contributed by atoms with van der Waals surface area (Å²) in [6.07, 6.45) is 0. The van der Waals surface area contributed by atoms with E-state index in [4.69, 9.17) is 5.26 Å². The molecule has 0 fully saturated rings. The van der Waals surface area contributed by atoms with Crippen LogP contribution < -0.4 is 0 Å². The molecule has 1 rings (SSSR count). The zero-order valence-electron chi connectivity index (χ0n) is 11.1. The average Bonchev–Trinajstić information content (AvgIpc) is 2.34. The van der Waals surface area contributed by atoms with Crippen LogP contribution in [0.5, 0.6) is 0 Å². The minimum atomic E-state index is -0.578. The normalized spacial score (nSPS) is 10.1. The SMILES string of the molecule is Cc1cccc([N+](=O)[O-])c1C(=O)N(CC#N)C(C)C. The quantitative estimate of drug-likeness (QED) is 0.472. The molecule has 0 bridgehead atoms. The summed E-state index contributed by atoms with van der Waals surface area (Å²) in [5.41, 5.74) is 0.354. The van der Waals surface area contributed by atoms with E-state index in [1.54, 1.807) is 26.8 Å². The van der Waals surface area contributed by atoms with Gasteiger partial charge in [0.1, 0.15) is 12.1 Å². The molecule has 1 aromatic rings. The summed E-state index contributed by atoms with van der Waals surface area (Å²) in [7, 11) is 0. The van der Waals surface area contributed by atoms with Crippen molar-refractivity contribution in [1.82, 2.24) is 4.90 Å². The van der Waals surface area contributed by atoms with Crippen molar-refractivity contribution < 1.29 is 9.72 Å². The molecule has 0 saturated carbocycles. The highest BCUT2D eigenvalue weighted by Crippen LogP contribution is 2.24. The third-order valence-corrected chi connectivity index (χ3v) is 2.79. The number of nitriles is 1. The number of hydrogen-bond donors (Lipinski definition) is 0. The Morgan fingerprint density at radius 3 is 2.63 bits per heavy atom. The van der Waals surface area contributed by atoms with E-state index in [-0.39, 0.29) is 23.8 Å². The fourth-order valence-corrected chi connectivity index (χ4v) is 1.79. The number of carbonyl (C=O) groups is 1. The van der Waals surface area contributed by atoms with Crippen LogP contribution in [0.4, 0.5) is 5.69 Å². The molecule has 6 nitrogen and oxygen atoms in total. The third-order valence-electron chi connectivity index (χ3n) is 2.79. The lowest BCUT2D eigenvalue weighted by molar-refractivity contribution is -0.385. The minimum absolute atomic E-state index is 0.0523. The molecule has 0 saturated heterocycles. The maximum Gasteiger partial charge on any atom is 0.282 e. The van der Waals surface area contributed by atoms with E-state index < -0.39 is 10.8 Å². The molecule has 0 atom stereocenters. The van der Waals surface area contributed by atoms with Crippen LogP contribution in [-0.4, -0.2) is 28.3 Å². The van der Waals surface area contributed by atoms with Crippen LogP contribution in [0.15, 0.2) is 18.2 Å². The number of rotatable bonds is 4. The van der Waals surface area contributed by atoms with Gasteiger partial charge in [-0.3, -0.25) is 14.9 Å². The summed E-state index contributed by atoms with van der Waals surface area (Å²) >= 11 is 0. The Labute approximate surface area is 111 Å². The van der Waals surface area contributed by atoms with Crippen molar-refractivity contribution >= 4 is 11.6 Å². The van der Waals surface area contributed by atoms with Crippen LogP contribution in [0.3, 0.4) is 0 Å². The molecule has 0 unspecified atom stereocenters. The molecule has 0 N–H and O–H groups in total. The van der Waals surface area contributed by atoms with Gasteiger partial charge in [-0.15, -0.1) is 0 Å². The molecule has 0 spiro atoms. The van der Waals surface area contributed by atoms with Crippen LogP contribution in [0.1, 0.15) is 29.8 Å². The minimum Gasteiger partial charge on any atom is -0.323 e. The second kappa shape index (κ2) is 5.96. The summed E-state index contributed by atoms with van der Waals surface area (Å²) in [5, 5.41) is 19.7. The van der Waals surface area contributed by atoms with Gasteiger partial charge in [0.2, 0.25) is 0 Å². The van der Waals surface area contributed by atoms with Gasteiger partial charge in [-0.05, 0) is 26.3 Å². The smallest absolute Gasteiger partial charge is 0.282 e. The fraction of sp³-hybridized carbons (Fsp3) is 0.385. The Balaban J connectivity index is 3.33. The Hall–Kier alpha value is -2.42. The highest BCUT2D eigenvalue weighted by molar-refractivity contribution is 5.99. The van der Waals surface area contributed by atoms with E-state index >= 15 is 0 Å². The Morgan fingerprint density at radius 2 is 2.16 bits per heavy atom. The monoisotopic (exact) mass is 261 g/mol. The summed E-state index contributed by atoms with van der Waals surface area (Å²) in [6.45, 7) is 5.08. The van der Waals surface area contributed by atoms with Crippen molar-refractivity contribution in [3.63, 3.8) is 0 Å². The van der Waals surface area contributed by atoms with Crippen LogP contribution >= 0.6 is 0 Å². The fourth-order valence-electron chi connectivity index (χ4n) is 1.79. The van der Waals surface area contributed by atoms with Gasteiger partial charge in [0, 0.05) is 12.1 Å². The van der Waals surface area contributed by atoms with Crippen LogP contribution in [0.2, 0.25) is 0 Å². The van der Waals surface area contributed by atoms with Crippen molar-refractivity contribution in [2.45, 2.75) is 26.8 Å². The maximum atomic E-state index is 12.4. The van der Waals surface area contributed by atoms with Crippen molar-refractivity contribution in [2.24, 2.45) is 0 Å². The summed E-state index contributed by atoms with van der Waals surface area (Å²) < 4.78 is 0. The summed E-state index contributed by atoms with van der Waals surface area (Å²) in [4.78, 5) is 24.1. The average molecular weight is 261 g/mol. The van der Waals surface area contributed by atoms with E-state index in [0.717, 1.165) is 0 Å². The molecule has 0 aliphatic rings. The molecule has 1 aromatic carbocycles. The Bertz CT molecular complexity index is 547. The lowest BCUT2D eigenvalue weighted by Gasteiger charge is -2.24. The lowest BCUT2D eigenvalue weighted by Crippen LogP contribution is -2.37. The molecule has 0 heterocycles. The highest BCUT2D eigenvalue weighted by Gasteiger charge is 2.27. The van der Waals surface area contributed by atoms with E-state index in [0.29, 0.717) is 5.56 Å². The first-order chi connectivity index (χ1) is 8.90. The first-order valence-corrected chi connectivity index (χ1v) is 5.82. The van der Waals surface area contributed by atoms with Gasteiger partial charge >= 0.3 is 0 Å². The molecule has 19 heavy (non-hydrogen) atoms. The zero-order valence-corrected chi connectivity index (χ0v) is 11.1. The van der Waals surface area contributed by atoms with Gasteiger partial charge in [-0.25, -0.2) is 0 Å². The number of nitro benzene ring substituents is 1. The van der Waals surface area contributed by atoms with Gasteiger partial charge in [0.05, 0.1) is 11.0 Å². The molecule has 0 radical (unpaired) electrons. The number of aryl methyl sites for hydroxylation is 1. The van der Waals surface area contributed by atoms with Gasteiger partial charge in [-0.2, -0.15) is 5.26 Å². The first kappa shape index (κ1) is 14.6. The largest absolute Gasteiger partial charge is 0.323 e. The number of nitro groups is 1. The maximum absolute atomic E-state index is 12.4. The molecule has 6 heteroatoms. The van der Waals surface area contributed by atoms with Crippen molar-refractivity contribution in [3.05, 3.63) is 39.4 Å². The highest BCUT2D eigenvalue weighted by atomic mass is 16.6. The molecular weight excluding hydrogens is 246 g/mol. The van der Waals surface area contributed by atoms with Gasteiger partial charge in [0.15, 0.2) is 0 Å². The lowest BCUT2D eigenvalue weighted by atomic mass is 10.0. The van der Waals surface area contributed by atoms with E-state index in [9.17, 15) is 14.9 Å². The molecule has 0 aromatic heterocycles. The topological polar surface area (TPSA) is 87.2 Å². The van der Waals surface area contributed by atoms with Gasteiger partial charge in [-0.1, -0.05) is 12.1 Å². The number of hydrogen-bond acceptors (Lipinski definition) is 4. The van der Waals surface area contributed by atoms with Crippen molar-refractivity contribution in [1.29, 1.82) is 5.26 Å². The second-order valence-corrected chi connectivity index (χ2v) is 4.41. The van der Waals surface area contributed by atoms with Crippen molar-refractivity contribution in [3.8, 4) is 6.07 Å². The third kappa shape index (κ3) is 3.07. The van der Waals surface area contributed by atoms with E-state index in [2.05, 4.69) is 0 Å². The first-order valence-electron chi connectivity index (χ1n) is 5.82. The zero-order chi connectivity index (χ0) is 14.6. The summed E-state index contributed by atoms with van der Waals surface area (Å²) in [6, 6.07) is 6.18. The van der Waals surface area contributed by atoms with Crippen LogP contribution in [-0.2, 0) is 0 Å². The molecule has 0 aliphatic heterocycles. The van der Waals surface area contributed by atoms with Gasteiger partial charge < -0.3 is 4.90 Å². The van der Waals surface area contributed by atoms with Crippen LogP contribution in [0.25, 0.3) is 0 Å².